The molecule has 0 saturated carbocycles. The van der Waals surface area contributed by atoms with E-state index in [4.69, 9.17) is 16.3 Å². The predicted molar refractivity (Wildman–Crippen MR) is 81.0 cm³/mol. The Hall–Kier alpha value is -1.28. The molecule has 2 rings (SSSR count). The average molecular weight is 278 g/mol. The molecule has 1 aromatic carbocycles. The molecule has 0 N–H and O–H groups in total. The van der Waals surface area contributed by atoms with E-state index in [1.54, 1.807) is 6.20 Å². The van der Waals surface area contributed by atoms with Gasteiger partial charge in [-0.2, -0.15) is 0 Å². The molecule has 0 saturated heterocycles. The summed E-state index contributed by atoms with van der Waals surface area (Å²) in [6.45, 7) is 4.32. The van der Waals surface area contributed by atoms with E-state index in [1.807, 2.05) is 24.3 Å². The molecule has 1 aromatic heterocycles. The molecule has 19 heavy (non-hydrogen) atoms. The van der Waals surface area contributed by atoms with Crippen LogP contribution in [-0.4, -0.2) is 11.1 Å². The lowest BCUT2D eigenvalue weighted by molar-refractivity contribution is 0.209. The van der Waals surface area contributed by atoms with E-state index in [0.717, 1.165) is 23.1 Å². The largest absolute Gasteiger partial charge is 0.488 e. The second-order valence-electron chi connectivity index (χ2n) is 4.87. The average Bonchev–Trinajstić information content (AvgIpc) is 2.43. The van der Waals surface area contributed by atoms with Crippen LogP contribution in [0.15, 0.2) is 30.5 Å². The van der Waals surface area contributed by atoms with Gasteiger partial charge in [0.1, 0.15) is 11.3 Å². The first-order valence-electron chi connectivity index (χ1n) is 6.92. The number of ether oxygens (including phenoxy) is 1. The number of nitrogens with zero attached hydrogens (tertiary/aromatic N) is 1. The van der Waals surface area contributed by atoms with Gasteiger partial charge in [-0.15, -0.1) is 0 Å². The molecule has 1 atom stereocenters. The minimum Gasteiger partial charge on any atom is -0.488 e. The fraction of sp³-hybridized carbons (Fsp3) is 0.438. The molecule has 3 heteroatoms. The highest BCUT2D eigenvalue weighted by atomic mass is 35.5. The van der Waals surface area contributed by atoms with Crippen molar-refractivity contribution in [3.63, 3.8) is 0 Å². The molecular formula is C16H20ClNO. The summed E-state index contributed by atoms with van der Waals surface area (Å²) in [6, 6.07) is 7.65. The minimum atomic E-state index is 0.206. The van der Waals surface area contributed by atoms with Crippen LogP contribution < -0.4 is 4.74 Å². The minimum absolute atomic E-state index is 0.206. The molecular weight excluding hydrogens is 258 g/mol. The zero-order chi connectivity index (χ0) is 13.7. The van der Waals surface area contributed by atoms with Crippen LogP contribution >= 0.6 is 11.6 Å². The van der Waals surface area contributed by atoms with E-state index in [0.29, 0.717) is 5.02 Å². The molecule has 0 aliphatic heterocycles. The lowest BCUT2D eigenvalue weighted by Gasteiger charge is -2.16. The fourth-order valence-corrected chi connectivity index (χ4v) is 2.38. The monoisotopic (exact) mass is 277 g/mol. The number of hydrogen-bond acceptors (Lipinski definition) is 2. The van der Waals surface area contributed by atoms with Gasteiger partial charge in [0, 0.05) is 11.6 Å². The second-order valence-corrected chi connectivity index (χ2v) is 5.28. The van der Waals surface area contributed by atoms with Crippen LogP contribution in [0.1, 0.15) is 39.5 Å². The molecule has 0 bridgehead atoms. The number of aromatic nitrogens is 1. The maximum absolute atomic E-state index is 6.17. The van der Waals surface area contributed by atoms with Gasteiger partial charge in [0.05, 0.1) is 11.1 Å². The topological polar surface area (TPSA) is 22.1 Å². The predicted octanol–water partition coefficient (Wildman–Crippen LogP) is 5.24. The van der Waals surface area contributed by atoms with Crippen LogP contribution in [0, 0.1) is 0 Å². The van der Waals surface area contributed by atoms with E-state index in [1.165, 1.54) is 19.3 Å². The first-order valence-corrected chi connectivity index (χ1v) is 7.30. The van der Waals surface area contributed by atoms with Crippen molar-refractivity contribution in [1.82, 2.24) is 4.98 Å². The zero-order valence-electron chi connectivity index (χ0n) is 11.5. The van der Waals surface area contributed by atoms with Crippen LogP contribution in [0.4, 0.5) is 0 Å². The molecule has 0 aliphatic carbocycles. The number of halogens is 1. The van der Waals surface area contributed by atoms with E-state index < -0.39 is 0 Å². The molecule has 0 fully saturated rings. The third-order valence-corrected chi connectivity index (χ3v) is 3.55. The van der Waals surface area contributed by atoms with Gasteiger partial charge >= 0.3 is 0 Å². The van der Waals surface area contributed by atoms with Crippen LogP contribution in [0.5, 0.6) is 5.75 Å². The molecule has 0 spiro atoms. The first-order chi connectivity index (χ1) is 9.22. The van der Waals surface area contributed by atoms with Crippen molar-refractivity contribution in [3.05, 3.63) is 35.5 Å². The Morgan fingerprint density at radius 1 is 1.26 bits per heavy atom. The summed E-state index contributed by atoms with van der Waals surface area (Å²) in [7, 11) is 0. The molecule has 2 nitrogen and oxygen atoms in total. The molecule has 102 valence electrons. The third kappa shape index (κ3) is 3.60. The van der Waals surface area contributed by atoms with Gasteiger partial charge in [0.25, 0.3) is 0 Å². The molecule has 1 unspecified atom stereocenters. The lowest BCUT2D eigenvalue weighted by atomic mass is 10.1. The van der Waals surface area contributed by atoms with Crippen molar-refractivity contribution in [2.24, 2.45) is 0 Å². The Kier molecular flexibility index (Phi) is 5.03. The van der Waals surface area contributed by atoms with Crippen LogP contribution in [0.3, 0.4) is 0 Å². The second kappa shape index (κ2) is 6.76. The van der Waals surface area contributed by atoms with E-state index in [2.05, 4.69) is 18.8 Å². The summed E-state index contributed by atoms with van der Waals surface area (Å²) in [5.41, 5.74) is 0.845. The van der Waals surface area contributed by atoms with Crippen LogP contribution in [0.25, 0.3) is 10.9 Å². The van der Waals surface area contributed by atoms with Gasteiger partial charge < -0.3 is 4.74 Å². The Labute approximate surface area is 119 Å². The van der Waals surface area contributed by atoms with Gasteiger partial charge in [0.2, 0.25) is 0 Å². The quantitative estimate of drug-likeness (QED) is 0.674. The van der Waals surface area contributed by atoms with E-state index in [9.17, 15) is 0 Å². The van der Waals surface area contributed by atoms with Gasteiger partial charge in [-0.25, -0.2) is 0 Å². The van der Waals surface area contributed by atoms with Crippen molar-refractivity contribution < 1.29 is 4.74 Å². The SMILES string of the molecule is CCCCCC(C)Oc1ccc(Cl)c2cccnc12. The molecule has 0 radical (unpaired) electrons. The smallest absolute Gasteiger partial charge is 0.146 e. The Balaban J connectivity index is 2.14. The standard InChI is InChI=1S/C16H20ClNO/c1-3-4-5-7-12(2)19-15-10-9-14(17)13-8-6-11-18-16(13)15/h6,8-12H,3-5,7H2,1-2H3. The van der Waals surface area contributed by atoms with Crippen molar-refractivity contribution in [1.29, 1.82) is 0 Å². The maximum Gasteiger partial charge on any atom is 0.146 e. The number of fused-ring (bicyclic) bond motifs is 1. The number of benzene rings is 1. The number of hydrogen-bond donors (Lipinski definition) is 0. The van der Waals surface area contributed by atoms with Crippen molar-refractivity contribution in [3.8, 4) is 5.75 Å². The Bertz CT molecular complexity index is 541. The normalized spacial score (nSPS) is 12.6. The Morgan fingerprint density at radius 2 is 2.11 bits per heavy atom. The highest BCUT2D eigenvalue weighted by Crippen LogP contribution is 2.30. The van der Waals surface area contributed by atoms with Crippen LogP contribution in [-0.2, 0) is 0 Å². The first kappa shape index (κ1) is 14.1. The third-order valence-electron chi connectivity index (χ3n) is 3.22. The van der Waals surface area contributed by atoms with Crippen LogP contribution in [0.2, 0.25) is 5.02 Å². The summed E-state index contributed by atoms with van der Waals surface area (Å²) in [4.78, 5) is 4.38. The van der Waals surface area contributed by atoms with Crippen molar-refractivity contribution >= 4 is 22.5 Å². The fourth-order valence-electron chi connectivity index (χ4n) is 2.16. The Morgan fingerprint density at radius 3 is 2.89 bits per heavy atom. The van der Waals surface area contributed by atoms with E-state index >= 15 is 0 Å². The zero-order valence-corrected chi connectivity index (χ0v) is 12.3. The molecule has 1 heterocycles. The van der Waals surface area contributed by atoms with Crippen molar-refractivity contribution in [2.75, 3.05) is 0 Å². The number of rotatable bonds is 6. The summed E-state index contributed by atoms with van der Waals surface area (Å²) in [6.07, 6.45) is 6.75. The summed E-state index contributed by atoms with van der Waals surface area (Å²) < 4.78 is 6.01. The highest BCUT2D eigenvalue weighted by Gasteiger charge is 2.10. The summed E-state index contributed by atoms with van der Waals surface area (Å²) in [5, 5.41) is 1.66. The van der Waals surface area contributed by atoms with Gasteiger partial charge in [-0.1, -0.05) is 31.4 Å². The maximum atomic E-state index is 6.17. The number of pyridine rings is 1. The van der Waals surface area contributed by atoms with Crippen molar-refractivity contribution in [2.45, 2.75) is 45.6 Å². The number of unbranched alkanes of at least 4 members (excludes halogenated alkanes) is 2. The molecule has 2 aromatic rings. The summed E-state index contributed by atoms with van der Waals surface area (Å²) in [5.74, 6) is 0.823. The van der Waals surface area contributed by atoms with Gasteiger partial charge in [-0.05, 0) is 44.0 Å². The van der Waals surface area contributed by atoms with Gasteiger partial charge in [0.15, 0.2) is 0 Å². The lowest BCUT2D eigenvalue weighted by Crippen LogP contribution is -2.11. The highest BCUT2D eigenvalue weighted by molar-refractivity contribution is 6.35. The summed E-state index contributed by atoms with van der Waals surface area (Å²) >= 11 is 6.17. The van der Waals surface area contributed by atoms with E-state index in [-0.39, 0.29) is 6.10 Å². The molecule has 0 amide bonds. The molecule has 0 aliphatic rings. The van der Waals surface area contributed by atoms with Gasteiger partial charge in [-0.3, -0.25) is 4.98 Å².